The Bertz CT molecular complexity index is 552. The molecule has 17 heavy (non-hydrogen) atoms. The highest BCUT2D eigenvalue weighted by Gasteiger charge is 2.10. The van der Waals surface area contributed by atoms with Crippen molar-refractivity contribution in [2.75, 3.05) is 0 Å². The van der Waals surface area contributed by atoms with Crippen LogP contribution in [0.2, 0.25) is 15.1 Å². The highest BCUT2D eigenvalue weighted by Crippen LogP contribution is 2.35. The zero-order valence-corrected chi connectivity index (χ0v) is 12.5. The van der Waals surface area contributed by atoms with Gasteiger partial charge in [0.2, 0.25) is 0 Å². The van der Waals surface area contributed by atoms with E-state index in [0.29, 0.717) is 15.1 Å². The smallest absolute Gasteiger partial charge is 0.0598 e. The lowest BCUT2D eigenvalue weighted by Crippen LogP contribution is -1.87. The summed E-state index contributed by atoms with van der Waals surface area (Å²) < 4.78 is 0. The normalized spacial score (nSPS) is 10.6. The van der Waals surface area contributed by atoms with Gasteiger partial charge in [-0.25, -0.2) is 0 Å². The zero-order chi connectivity index (χ0) is 12.4. The molecule has 0 nitrogen and oxygen atoms in total. The maximum atomic E-state index is 6.24. The predicted molar refractivity (Wildman–Crippen MR) is 79.5 cm³/mol. The molecule has 0 aromatic heterocycles. The average molecular weight is 350 g/mol. The van der Waals surface area contributed by atoms with E-state index in [9.17, 15) is 0 Å². The van der Waals surface area contributed by atoms with Crippen LogP contribution in [0.3, 0.4) is 0 Å². The van der Waals surface area contributed by atoms with Crippen molar-refractivity contribution in [2.45, 2.75) is 5.33 Å². The third-order valence-electron chi connectivity index (χ3n) is 2.45. The minimum absolute atomic E-state index is 0.532. The molecule has 2 rings (SSSR count). The summed E-state index contributed by atoms with van der Waals surface area (Å²) >= 11 is 21.6. The van der Waals surface area contributed by atoms with Crippen molar-refractivity contribution in [3.8, 4) is 11.1 Å². The first-order valence-corrected chi connectivity index (χ1v) is 7.18. The number of hydrogen-bond donors (Lipinski definition) is 0. The minimum Gasteiger partial charge on any atom is -0.0876 e. The maximum Gasteiger partial charge on any atom is 0.0598 e. The SMILES string of the molecule is Clc1ccc(-c2c(Cl)cccc2CBr)cc1Cl. The molecule has 0 amide bonds. The molecule has 0 bridgehead atoms. The summed E-state index contributed by atoms with van der Waals surface area (Å²) in [6.07, 6.45) is 0. The van der Waals surface area contributed by atoms with Crippen LogP contribution in [-0.4, -0.2) is 0 Å². The number of benzene rings is 2. The summed E-state index contributed by atoms with van der Waals surface area (Å²) in [4.78, 5) is 0. The average Bonchev–Trinajstić information content (AvgIpc) is 2.32. The Hall–Kier alpha value is -0.210. The van der Waals surface area contributed by atoms with Crippen molar-refractivity contribution in [3.63, 3.8) is 0 Å². The summed E-state index contributed by atoms with van der Waals surface area (Å²) in [6, 6.07) is 11.4. The number of hydrogen-bond acceptors (Lipinski definition) is 0. The molecule has 0 radical (unpaired) electrons. The van der Waals surface area contributed by atoms with Gasteiger partial charge in [0.25, 0.3) is 0 Å². The molecule has 0 aliphatic heterocycles. The first-order chi connectivity index (χ1) is 8.13. The van der Waals surface area contributed by atoms with Crippen LogP contribution in [0.4, 0.5) is 0 Å². The van der Waals surface area contributed by atoms with Gasteiger partial charge in [0.15, 0.2) is 0 Å². The van der Waals surface area contributed by atoms with Crippen LogP contribution in [0.15, 0.2) is 36.4 Å². The van der Waals surface area contributed by atoms with E-state index >= 15 is 0 Å². The summed E-state index contributed by atoms with van der Waals surface area (Å²) in [5.74, 6) is 0. The molecule has 88 valence electrons. The molecular formula is C13H8BrCl3. The highest BCUT2D eigenvalue weighted by atomic mass is 79.9. The van der Waals surface area contributed by atoms with Crippen LogP contribution in [0.25, 0.3) is 11.1 Å². The Kier molecular flexibility index (Phi) is 4.37. The van der Waals surface area contributed by atoms with Crippen LogP contribution in [0, 0.1) is 0 Å². The van der Waals surface area contributed by atoms with Crippen LogP contribution in [0.5, 0.6) is 0 Å². The molecule has 0 aliphatic rings. The molecule has 0 unspecified atom stereocenters. The highest BCUT2D eigenvalue weighted by molar-refractivity contribution is 9.08. The van der Waals surface area contributed by atoms with Crippen molar-refractivity contribution in [3.05, 3.63) is 57.0 Å². The largest absolute Gasteiger partial charge is 0.0876 e. The molecule has 4 heteroatoms. The molecule has 0 N–H and O–H groups in total. The fraction of sp³-hybridized carbons (Fsp3) is 0.0769. The van der Waals surface area contributed by atoms with Gasteiger partial charge in [0.05, 0.1) is 10.0 Å². The zero-order valence-electron chi connectivity index (χ0n) is 8.68. The molecular weight excluding hydrogens is 342 g/mol. The van der Waals surface area contributed by atoms with Gasteiger partial charge in [0, 0.05) is 15.9 Å². The van der Waals surface area contributed by atoms with E-state index in [0.717, 1.165) is 22.0 Å². The van der Waals surface area contributed by atoms with Crippen LogP contribution < -0.4 is 0 Å². The number of rotatable bonds is 2. The van der Waals surface area contributed by atoms with Crippen molar-refractivity contribution < 1.29 is 0 Å². The first kappa shape index (κ1) is 13.2. The van der Waals surface area contributed by atoms with Gasteiger partial charge >= 0.3 is 0 Å². The molecule has 0 saturated heterocycles. The Morgan fingerprint density at radius 2 is 1.65 bits per heavy atom. The summed E-state index contributed by atoms with van der Waals surface area (Å²) in [7, 11) is 0. The molecule has 0 heterocycles. The van der Waals surface area contributed by atoms with Gasteiger partial charge in [-0.15, -0.1) is 0 Å². The standard InChI is InChI=1S/C13H8BrCl3/c14-7-9-2-1-3-11(16)13(9)8-4-5-10(15)12(17)6-8/h1-6H,7H2. The second kappa shape index (κ2) is 5.62. The molecule has 2 aromatic carbocycles. The predicted octanol–water partition coefficient (Wildman–Crippen LogP) is 6.21. The molecule has 0 saturated carbocycles. The van der Waals surface area contributed by atoms with Crippen LogP contribution in [-0.2, 0) is 5.33 Å². The Balaban J connectivity index is 2.63. The summed E-state index contributed by atoms with van der Waals surface area (Å²) in [5, 5.41) is 2.52. The Morgan fingerprint density at radius 1 is 0.882 bits per heavy atom. The fourth-order valence-corrected chi connectivity index (χ4v) is 2.72. The lowest BCUT2D eigenvalue weighted by atomic mass is 10.0. The first-order valence-electron chi connectivity index (χ1n) is 4.92. The second-order valence-electron chi connectivity index (χ2n) is 3.54. The van der Waals surface area contributed by atoms with E-state index < -0.39 is 0 Å². The number of halogens is 4. The minimum atomic E-state index is 0.532. The monoisotopic (exact) mass is 348 g/mol. The van der Waals surface area contributed by atoms with Gasteiger partial charge < -0.3 is 0 Å². The molecule has 0 fully saturated rings. The van der Waals surface area contributed by atoms with E-state index in [1.807, 2.05) is 30.3 Å². The third-order valence-corrected chi connectivity index (χ3v) is 4.11. The van der Waals surface area contributed by atoms with Gasteiger partial charge in [-0.3, -0.25) is 0 Å². The van der Waals surface area contributed by atoms with Crippen molar-refractivity contribution in [1.82, 2.24) is 0 Å². The number of alkyl halides is 1. The quantitative estimate of drug-likeness (QED) is 0.565. The molecule has 2 aromatic rings. The lowest BCUT2D eigenvalue weighted by molar-refractivity contribution is 1.43. The topological polar surface area (TPSA) is 0 Å². The summed E-state index contributed by atoms with van der Waals surface area (Å²) in [6.45, 7) is 0. The lowest BCUT2D eigenvalue weighted by Gasteiger charge is -2.10. The van der Waals surface area contributed by atoms with E-state index in [1.54, 1.807) is 6.07 Å². The Morgan fingerprint density at radius 3 is 2.29 bits per heavy atom. The van der Waals surface area contributed by atoms with Crippen LogP contribution >= 0.6 is 50.7 Å². The van der Waals surface area contributed by atoms with Gasteiger partial charge in [0.1, 0.15) is 0 Å². The second-order valence-corrected chi connectivity index (χ2v) is 5.32. The molecule has 0 atom stereocenters. The van der Waals surface area contributed by atoms with Crippen molar-refractivity contribution in [1.29, 1.82) is 0 Å². The Labute approximate surface area is 124 Å². The summed E-state index contributed by atoms with van der Waals surface area (Å²) in [5.41, 5.74) is 3.08. The maximum absolute atomic E-state index is 6.24. The van der Waals surface area contributed by atoms with E-state index in [4.69, 9.17) is 34.8 Å². The third kappa shape index (κ3) is 2.79. The van der Waals surface area contributed by atoms with Crippen molar-refractivity contribution in [2.24, 2.45) is 0 Å². The van der Waals surface area contributed by atoms with E-state index in [1.165, 1.54) is 0 Å². The van der Waals surface area contributed by atoms with E-state index in [2.05, 4.69) is 15.9 Å². The molecule has 0 spiro atoms. The van der Waals surface area contributed by atoms with Gasteiger partial charge in [-0.05, 0) is 29.3 Å². The van der Waals surface area contributed by atoms with Crippen LogP contribution in [0.1, 0.15) is 5.56 Å². The van der Waals surface area contributed by atoms with Gasteiger partial charge in [-0.1, -0.05) is 68.9 Å². The molecule has 0 aliphatic carbocycles. The van der Waals surface area contributed by atoms with Crippen molar-refractivity contribution >= 4 is 50.7 Å². The van der Waals surface area contributed by atoms with E-state index in [-0.39, 0.29) is 0 Å². The van der Waals surface area contributed by atoms with Gasteiger partial charge in [-0.2, -0.15) is 0 Å². The fourth-order valence-electron chi connectivity index (χ4n) is 1.66.